The third kappa shape index (κ3) is 17.3. The quantitative estimate of drug-likeness (QED) is 0.231. The minimum Gasteiger partial charge on any atom is -0.872 e. The predicted molar refractivity (Wildman–Crippen MR) is 118 cm³/mol. The fraction of sp³-hybridized carbons (Fsp3) is 0.160. The molecule has 35 heavy (non-hydrogen) atoms. The smallest absolute Gasteiger partial charge is 0.872 e. The molecule has 3 aromatic carbocycles. The second-order valence-corrected chi connectivity index (χ2v) is 6.35. The molecule has 0 saturated heterocycles. The van der Waals surface area contributed by atoms with E-state index in [-0.39, 0.29) is 125 Å². The molecule has 0 aliphatic carbocycles. The maximum absolute atomic E-state index is 10.9. The Morgan fingerprint density at radius 1 is 0.771 bits per heavy atom. The Morgan fingerprint density at radius 2 is 1.29 bits per heavy atom. The van der Waals surface area contributed by atoms with Crippen molar-refractivity contribution in [3.8, 4) is 11.5 Å². The largest absolute Gasteiger partial charge is 1.00 e. The zero-order chi connectivity index (χ0) is 23.2. The van der Waals surface area contributed by atoms with Crippen LogP contribution in [0.1, 0.15) is 45.2 Å². The number of carboxylic acid groups (broad SMARTS) is 2. The first kappa shape index (κ1) is 41.3. The number of rotatable bonds is 5. The van der Waals surface area contributed by atoms with Gasteiger partial charge in [-0.05, 0) is 35.7 Å². The van der Waals surface area contributed by atoms with Crippen molar-refractivity contribution in [2.45, 2.75) is 26.4 Å². The summed E-state index contributed by atoms with van der Waals surface area (Å²) in [5, 5.41) is 47.1. The van der Waals surface area contributed by atoms with Gasteiger partial charge in [-0.25, -0.2) is 9.59 Å². The van der Waals surface area contributed by atoms with Crippen LogP contribution < -0.4 is 98.9 Å². The summed E-state index contributed by atoms with van der Waals surface area (Å²) in [4.78, 5) is 20.9. The Hall–Kier alpha value is -0.840. The van der Waals surface area contributed by atoms with E-state index in [0.29, 0.717) is 12.0 Å². The molecule has 0 aliphatic rings. The topological polar surface area (TPSA) is 141 Å². The molecular formula is C25H27Na3O7. The van der Waals surface area contributed by atoms with Crippen molar-refractivity contribution in [3.63, 3.8) is 0 Å². The van der Waals surface area contributed by atoms with Gasteiger partial charge in [0.2, 0.25) is 0 Å². The second kappa shape index (κ2) is 23.6. The van der Waals surface area contributed by atoms with E-state index in [1.54, 1.807) is 0 Å². The summed E-state index contributed by atoms with van der Waals surface area (Å²) in [7, 11) is 0. The predicted octanol–water partition coefficient (Wildman–Crippen LogP) is -5.49. The molecule has 10 heteroatoms. The maximum Gasteiger partial charge on any atom is 1.00 e. The van der Waals surface area contributed by atoms with E-state index in [2.05, 4.69) is 0 Å². The molecule has 3 N–H and O–H groups in total. The molecule has 172 valence electrons. The molecule has 0 unspecified atom stereocenters. The molecule has 0 aromatic heterocycles. The molecule has 0 aliphatic heterocycles. The molecule has 7 nitrogen and oxygen atoms in total. The number of aryl methyl sites for hydroxylation is 1. The second-order valence-electron chi connectivity index (χ2n) is 6.35. The Morgan fingerprint density at radius 3 is 1.69 bits per heavy atom. The molecule has 3 rings (SSSR count). The zero-order valence-corrected chi connectivity index (χ0v) is 27.0. The van der Waals surface area contributed by atoms with Crippen molar-refractivity contribution in [3.05, 3.63) is 102 Å². The van der Waals surface area contributed by atoms with Crippen molar-refractivity contribution < 1.29 is 124 Å². The average molecular weight is 508 g/mol. The van der Waals surface area contributed by atoms with Crippen molar-refractivity contribution >= 4 is 11.9 Å². The Bertz CT molecular complexity index is 967. The summed E-state index contributed by atoms with van der Waals surface area (Å²) in [5.41, 5.74) is 1.97. The molecule has 0 heterocycles. The van der Waals surface area contributed by atoms with Gasteiger partial charge >= 0.3 is 101 Å². The minimum atomic E-state index is -1.01. The maximum atomic E-state index is 10.9. The van der Waals surface area contributed by atoms with E-state index < -0.39 is 11.9 Å². The van der Waals surface area contributed by atoms with Gasteiger partial charge in [0.15, 0.2) is 0 Å². The zero-order valence-electron chi connectivity index (χ0n) is 21.0. The van der Waals surface area contributed by atoms with E-state index >= 15 is 0 Å². The monoisotopic (exact) mass is 508 g/mol. The van der Waals surface area contributed by atoms with E-state index in [4.69, 9.17) is 15.3 Å². The van der Waals surface area contributed by atoms with Crippen molar-refractivity contribution in [1.82, 2.24) is 0 Å². The van der Waals surface area contributed by atoms with Gasteiger partial charge in [-0.1, -0.05) is 67.9 Å². The summed E-state index contributed by atoms with van der Waals surface area (Å²) >= 11 is 0. The van der Waals surface area contributed by atoms with Crippen LogP contribution in [0.4, 0.5) is 0 Å². The van der Waals surface area contributed by atoms with Crippen molar-refractivity contribution in [2.24, 2.45) is 0 Å². The molecule has 0 fully saturated rings. The summed E-state index contributed by atoms with van der Waals surface area (Å²) in [5.74, 6) is -2.29. The molecule has 0 radical (unpaired) electrons. The molecule has 0 atom stereocenters. The number of carboxylic acids is 2. The molecular weight excluding hydrogens is 481 g/mol. The van der Waals surface area contributed by atoms with E-state index in [1.807, 2.05) is 37.3 Å². The summed E-state index contributed by atoms with van der Waals surface area (Å²) in [6.07, 6.45) is 1.47. The first-order valence-corrected chi connectivity index (χ1v) is 9.46. The van der Waals surface area contributed by atoms with Crippen LogP contribution in [-0.4, -0.2) is 27.3 Å². The number of hydrogen-bond donors (Lipinski definition) is 3. The normalized spacial score (nSPS) is 8.40. The average Bonchev–Trinajstić information content (AvgIpc) is 2.75. The van der Waals surface area contributed by atoms with E-state index in [9.17, 15) is 19.8 Å². The van der Waals surface area contributed by atoms with E-state index in [1.165, 1.54) is 42.5 Å². The van der Waals surface area contributed by atoms with Crippen LogP contribution in [-0.2, 0) is 13.0 Å². The van der Waals surface area contributed by atoms with Crippen molar-refractivity contribution in [1.29, 1.82) is 0 Å². The van der Waals surface area contributed by atoms with Crippen LogP contribution >= 0.6 is 0 Å². The van der Waals surface area contributed by atoms with Gasteiger partial charge in [0.1, 0.15) is 0 Å². The summed E-state index contributed by atoms with van der Waals surface area (Å²) < 4.78 is 0. The van der Waals surface area contributed by atoms with Crippen LogP contribution in [0.5, 0.6) is 11.5 Å². The third-order valence-corrected chi connectivity index (χ3v) is 3.95. The van der Waals surface area contributed by atoms with E-state index in [0.717, 1.165) is 12.0 Å². The first-order valence-electron chi connectivity index (χ1n) is 9.46. The van der Waals surface area contributed by atoms with Crippen LogP contribution in [0.15, 0.2) is 72.8 Å². The molecule has 0 amide bonds. The van der Waals surface area contributed by atoms with Gasteiger partial charge in [0.05, 0.1) is 17.7 Å². The minimum absolute atomic E-state index is 0. The van der Waals surface area contributed by atoms with Crippen LogP contribution in [0.2, 0.25) is 0 Å². The van der Waals surface area contributed by atoms with Crippen LogP contribution in [0, 0.1) is 7.43 Å². The van der Waals surface area contributed by atoms with Gasteiger partial charge in [-0.15, -0.1) is 11.5 Å². The Labute approximate surface area is 273 Å². The summed E-state index contributed by atoms with van der Waals surface area (Å²) in [6.45, 7) is 2.09. The molecule has 0 spiro atoms. The van der Waals surface area contributed by atoms with Gasteiger partial charge in [-0.3, -0.25) is 0 Å². The van der Waals surface area contributed by atoms with Gasteiger partial charge < -0.3 is 33.0 Å². The fourth-order valence-corrected chi connectivity index (χ4v) is 2.44. The Balaban J connectivity index is -0.000000200. The number of aromatic carboxylic acids is 2. The standard InChI is InChI=1S/C10H12O3.C7H6O3.C7H8O.CH3.3Na/c1-2-3-7-6-8(11)4-5-9(7)10(12)13;8-6-3-1-5(2-4-6)7(9)10;8-6-7-4-2-1-3-5-7;;;;/h4-6,11H,2-3H2,1H3,(H,12,13);1-4,8H,(H,9,10);1-5,8H,6H2;1H3;;;/q;;;-1;3*+1/p-2. The number of carbonyl (C=O) groups is 2. The van der Waals surface area contributed by atoms with Crippen LogP contribution in [0.25, 0.3) is 0 Å². The number of aliphatic hydroxyl groups is 1. The van der Waals surface area contributed by atoms with Gasteiger partial charge in [0.25, 0.3) is 0 Å². The van der Waals surface area contributed by atoms with Gasteiger partial charge in [0, 0.05) is 0 Å². The molecule has 0 bridgehead atoms. The van der Waals surface area contributed by atoms with Crippen LogP contribution in [0.3, 0.4) is 0 Å². The number of aliphatic hydroxyl groups excluding tert-OH is 1. The number of benzene rings is 3. The van der Waals surface area contributed by atoms with Gasteiger partial charge in [-0.2, -0.15) is 0 Å². The van der Waals surface area contributed by atoms with Crippen molar-refractivity contribution in [2.75, 3.05) is 0 Å². The molecule has 0 saturated carbocycles. The summed E-state index contributed by atoms with van der Waals surface area (Å²) in [6, 6.07) is 18.6. The molecule has 3 aromatic rings. The number of hydrogen-bond acceptors (Lipinski definition) is 5. The SMILES string of the molecule is CCCc1cc([O-])ccc1C(=O)O.O=C(O)c1ccc([O-])cc1.OCc1ccccc1.[CH3-].[Na+].[Na+].[Na+]. The Kier molecular flexibility index (Phi) is 27.8. The third-order valence-electron chi connectivity index (χ3n) is 3.95. The fourth-order valence-electron chi connectivity index (χ4n) is 2.44. The first-order chi connectivity index (χ1) is 14.8.